The van der Waals surface area contributed by atoms with E-state index in [0.717, 1.165) is 21.0 Å². The van der Waals surface area contributed by atoms with Gasteiger partial charge in [0.1, 0.15) is 12.1 Å². The van der Waals surface area contributed by atoms with Gasteiger partial charge in [-0.3, -0.25) is 9.69 Å². The highest BCUT2D eigenvalue weighted by Crippen LogP contribution is 2.45. The maximum atomic E-state index is 13.4. The van der Waals surface area contributed by atoms with E-state index in [1.54, 1.807) is 23.1 Å². The molecule has 0 unspecified atom stereocenters. The first-order valence-electron chi connectivity index (χ1n) is 8.28. The van der Waals surface area contributed by atoms with Crippen LogP contribution in [0, 0.1) is 29.6 Å². The fraction of sp³-hybridized carbons (Fsp3) is 0.0455. The Morgan fingerprint density at radius 2 is 1.56 bits per heavy atom. The lowest BCUT2D eigenvalue weighted by Gasteiger charge is -2.23. The Morgan fingerprint density at radius 3 is 2.26 bits per heavy atom. The molecule has 5 heteroatoms. The second kappa shape index (κ2) is 6.64. The molecule has 0 radical (unpaired) electrons. The van der Waals surface area contributed by atoms with Gasteiger partial charge in [-0.15, -0.1) is 0 Å². The lowest BCUT2D eigenvalue weighted by molar-refractivity contribution is 0.0996. The Bertz CT molecular complexity index is 1150. The maximum absolute atomic E-state index is 13.4. The number of nitrogens with zero attached hydrogens (tertiary/aromatic N) is 3. The monoisotopic (exact) mass is 367 g/mol. The fourth-order valence-electron chi connectivity index (χ4n) is 3.04. The normalized spacial score (nSPS) is 12.4. The molecule has 3 aromatic rings. The summed E-state index contributed by atoms with van der Waals surface area (Å²) < 4.78 is 0. The van der Waals surface area contributed by atoms with Gasteiger partial charge < -0.3 is 0 Å². The highest BCUT2D eigenvalue weighted by atomic mass is 32.2. The highest BCUT2D eigenvalue weighted by molar-refractivity contribution is 7.99. The number of carbonyl (C=O) groups is 1. The lowest BCUT2D eigenvalue weighted by atomic mass is 10.1. The maximum Gasteiger partial charge on any atom is 0.264 e. The molecule has 27 heavy (non-hydrogen) atoms. The summed E-state index contributed by atoms with van der Waals surface area (Å²) in [6.45, 7) is 1.99. The van der Waals surface area contributed by atoms with Crippen LogP contribution < -0.4 is 4.90 Å². The molecule has 4 nitrogen and oxygen atoms in total. The number of anilines is 2. The van der Waals surface area contributed by atoms with Crippen LogP contribution in [-0.4, -0.2) is 5.91 Å². The van der Waals surface area contributed by atoms with E-state index < -0.39 is 0 Å². The molecule has 0 saturated carbocycles. The molecule has 0 aromatic heterocycles. The summed E-state index contributed by atoms with van der Waals surface area (Å²) in [5.74, 6) is -0.158. The van der Waals surface area contributed by atoms with Crippen molar-refractivity contribution in [3.8, 4) is 12.1 Å². The van der Waals surface area contributed by atoms with Crippen LogP contribution >= 0.6 is 11.8 Å². The Labute approximate surface area is 161 Å². The van der Waals surface area contributed by atoms with Gasteiger partial charge >= 0.3 is 0 Å². The van der Waals surface area contributed by atoms with Gasteiger partial charge in [0.2, 0.25) is 0 Å². The van der Waals surface area contributed by atoms with Crippen LogP contribution in [0.25, 0.3) is 0 Å². The molecule has 1 heterocycles. The van der Waals surface area contributed by atoms with Gasteiger partial charge in [-0.25, -0.2) is 0 Å². The zero-order valence-electron chi connectivity index (χ0n) is 14.4. The predicted octanol–water partition coefficient (Wildman–Crippen LogP) is 5.18. The van der Waals surface area contributed by atoms with E-state index in [9.17, 15) is 15.3 Å². The number of fused-ring (bicyclic) bond motifs is 2. The van der Waals surface area contributed by atoms with Crippen molar-refractivity contribution in [1.82, 2.24) is 0 Å². The Morgan fingerprint density at radius 1 is 0.889 bits per heavy atom. The Kier molecular flexibility index (Phi) is 4.16. The van der Waals surface area contributed by atoms with Crippen molar-refractivity contribution < 1.29 is 4.79 Å². The summed E-state index contributed by atoms with van der Waals surface area (Å²) in [6.07, 6.45) is 0. The molecule has 128 valence electrons. The quantitative estimate of drug-likeness (QED) is 0.594. The average Bonchev–Trinajstić information content (AvgIpc) is 2.81. The van der Waals surface area contributed by atoms with Gasteiger partial charge in [0.15, 0.2) is 0 Å². The minimum atomic E-state index is -0.158. The van der Waals surface area contributed by atoms with E-state index in [2.05, 4.69) is 12.1 Å². The molecule has 0 spiro atoms. The first-order chi connectivity index (χ1) is 13.1. The predicted molar refractivity (Wildman–Crippen MR) is 104 cm³/mol. The summed E-state index contributed by atoms with van der Waals surface area (Å²) in [6, 6.07) is 22.5. The third kappa shape index (κ3) is 2.85. The van der Waals surface area contributed by atoms with Crippen LogP contribution in [-0.2, 0) is 0 Å². The van der Waals surface area contributed by atoms with Crippen molar-refractivity contribution in [2.75, 3.05) is 4.90 Å². The number of amides is 1. The number of aryl methyl sites for hydroxylation is 1. The molecule has 0 atom stereocenters. The van der Waals surface area contributed by atoms with E-state index in [1.807, 2.05) is 49.4 Å². The van der Waals surface area contributed by atoms with Crippen LogP contribution in [0.4, 0.5) is 11.4 Å². The SMILES string of the molecule is Cc1ccc(N2C(=O)c3ccccc3Sc3cc(C#N)c(C#N)cc32)cc1. The van der Waals surface area contributed by atoms with Gasteiger partial charge in [0, 0.05) is 15.5 Å². The molecule has 0 N–H and O–H groups in total. The highest BCUT2D eigenvalue weighted by Gasteiger charge is 2.29. The van der Waals surface area contributed by atoms with Crippen LogP contribution in [0.3, 0.4) is 0 Å². The Balaban J connectivity index is 2.03. The van der Waals surface area contributed by atoms with Crippen molar-refractivity contribution in [2.24, 2.45) is 0 Å². The molecule has 4 rings (SSSR count). The smallest absolute Gasteiger partial charge is 0.264 e. The first-order valence-corrected chi connectivity index (χ1v) is 9.10. The van der Waals surface area contributed by atoms with Crippen LogP contribution in [0.5, 0.6) is 0 Å². The largest absolute Gasteiger partial charge is 0.276 e. The number of hydrogen-bond donors (Lipinski definition) is 0. The molecule has 0 saturated heterocycles. The van der Waals surface area contributed by atoms with E-state index in [0.29, 0.717) is 16.8 Å². The van der Waals surface area contributed by atoms with Crippen molar-refractivity contribution in [3.05, 3.63) is 82.9 Å². The van der Waals surface area contributed by atoms with Gasteiger partial charge in [-0.1, -0.05) is 41.6 Å². The van der Waals surface area contributed by atoms with Gasteiger partial charge in [0.25, 0.3) is 5.91 Å². The summed E-state index contributed by atoms with van der Waals surface area (Å²) in [5, 5.41) is 18.8. The topological polar surface area (TPSA) is 67.9 Å². The molecule has 0 fully saturated rings. The number of benzene rings is 3. The van der Waals surface area contributed by atoms with Gasteiger partial charge in [0.05, 0.1) is 22.4 Å². The van der Waals surface area contributed by atoms with Crippen molar-refractivity contribution >= 4 is 29.0 Å². The number of hydrogen-bond acceptors (Lipinski definition) is 4. The standard InChI is InChI=1S/C22H13N3OS/c1-14-6-8-17(9-7-14)25-19-10-15(12-23)16(13-24)11-21(19)27-20-5-3-2-4-18(20)22(25)26/h2-11H,1H3. The van der Waals surface area contributed by atoms with Crippen molar-refractivity contribution in [1.29, 1.82) is 10.5 Å². The second-order valence-corrected chi connectivity index (χ2v) is 7.25. The van der Waals surface area contributed by atoms with E-state index in [1.165, 1.54) is 11.8 Å². The summed E-state index contributed by atoms with van der Waals surface area (Å²) in [4.78, 5) is 16.6. The fourth-order valence-corrected chi connectivity index (χ4v) is 4.12. The van der Waals surface area contributed by atoms with E-state index >= 15 is 0 Å². The zero-order chi connectivity index (χ0) is 19.0. The van der Waals surface area contributed by atoms with Crippen molar-refractivity contribution in [2.45, 2.75) is 16.7 Å². The minimum Gasteiger partial charge on any atom is -0.276 e. The third-order valence-electron chi connectivity index (χ3n) is 4.41. The van der Waals surface area contributed by atoms with E-state index in [4.69, 9.17) is 0 Å². The number of rotatable bonds is 1. The van der Waals surface area contributed by atoms with Crippen LogP contribution in [0.1, 0.15) is 27.0 Å². The molecular weight excluding hydrogens is 354 g/mol. The average molecular weight is 367 g/mol. The molecule has 1 aliphatic rings. The zero-order valence-corrected chi connectivity index (χ0v) is 15.2. The summed E-state index contributed by atoms with van der Waals surface area (Å²) in [7, 11) is 0. The Hall–Kier alpha value is -3.54. The molecule has 0 aliphatic carbocycles. The second-order valence-electron chi connectivity index (χ2n) is 6.16. The lowest BCUT2D eigenvalue weighted by Crippen LogP contribution is -2.26. The molecule has 0 bridgehead atoms. The molecule has 1 amide bonds. The van der Waals surface area contributed by atoms with Crippen LogP contribution in [0.2, 0.25) is 0 Å². The third-order valence-corrected chi connectivity index (χ3v) is 5.54. The van der Waals surface area contributed by atoms with Gasteiger partial charge in [-0.05, 0) is 43.3 Å². The number of carbonyl (C=O) groups excluding carboxylic acids is 1. The summed E-state index contributed by atoms with van der Waals surface area (Å²) >= 11 is 1.43. The van der Waals surface area contributed by atoms with E-state index in [-0.39, 0.29) is 11.5 Å². The molecule has 1 aliphatic heterocycles. The van der Waals surface area contributed by atoms with Crippen LogP contribution in [0.15, 0.2) is 70.5 Å². The molecule has 3 aromatic carbocycles. The first kappa shape index (κ1) is 16.9. The van der Waals surface area contributed by atoms with Gasteiger partial charge in [-0.2, -0.15) is 10.5 Å². The summed E-state index contributed by atoms with van der Waals surface area (Å²) in [5.41, 5.74) is 3.58. The minimum absolute atomic E-state index is 0.158. The van der Waals surface area contributed by atoms with Crippen molar-refractivity contribution in [3.63, 3.8) is 0 Å². The number of nitriles is 2. The molecular formula is C22H13N3OS.